The average Bonchev–Trinajstić information content (AvgIpc) is 2.67. The zero-order valence-electron chi connectivity index (χ0n) is 12.1. The second-order valence-electron chi connectivity index (χ2n) is 5.38. The summed E-state index contributed by atoms with van der Waals surface area (Å²) in [4.78, 5) is 25.9. The molecule has 1 unspecified atom stereocenters. The van der Waals surface area contributed by atoms with Gasteiger partial charge in [0.2, 0.25) is 0 Å². The van der Waals surface area contributed by atoms with Gasteiger partial charge in [0, 0.05) is 25.7 Å². The summed E-state index contributed by atoms with van der Waals surface area (Å²) in [5.41, 5.74) is 0. The Morgan fingerprint density at radius 2 is 1.95 bits per heavy atom. The Hall–Kier alpha value is -1.31. The molecule has 0 aromatic carbocycles. The van der Waals surface area contributed by atoms with Gasteiger partial charge >= 0.3 is 12.0 Å². The molecule has 1 N–H and O–H groups in total. The van der Waals surface area contributed by atoms with Crippen LogP contribution in [0.1, 0.15) is 26.7 Å². The maximum Gasteiger partial charge on any atom is 0.320 e. The second kappa shape index (κ2) is 6.43. The van der Waals surface area contributed by atoms with E-state index in [1.807, 2.05) is 0 Å². The zero-order chi connectivity index (χ0) is 15.5. The van der Waals surface area contributed by atoms with Crippen molar-refractivity contribution in [2.24, 2.45) is 0 Å². The maximum atomic E-state index is 12.4. The quantitative estimate of drug-likeness (QED) is 0.794. The molecule has 0 bridgehead atoms. The molecule has 1 fully saturated rings. The van der Waals surface area contributed by atoms with Gasteiger partial charge in [0.1, 0.15) is 0 Å². The Bertz CT molecular complexity index is 474. The molecule has 0 aromatic rings. The minimum absolute atomic E-state index is 0.0138. The van der Waals surface area contributed by atoms with Gasteiger partial charge in [-0.05, 0) is 20.3 Å². The number of nitrogens with zero attached hydrogens (tertiary/aromatic N) is 2. The molecule has 116 valence electrons. The van der Waals surface area contributed by atoms with Gasteiger partial charge in [0.15, 0.2) is 9.84 Å². The number of hydrogen-bond acceptors (Lipinski definition) is 4. The molecule has 8 heteroatoms. The van der Waals surface area contributed by atoms with Gasteiger partial charge in [-0.1, -0.05) is 0 Å². The largest absolute Gasteiger partial charge is 0.481 e. The Morgan fingerprint density at radius 3 is 2.35 bits per heavy atom. The number of carboxylic acids is 1. The average molecular weight is 306 g/mol. The number of hydrogen-bond donors (Lipinski definition) is 1. The predicted molar refractivity (Wildman–Crippen MR) is 74.3 cm³/mol. The first-order valence-corrected chi connectivity index (χ1v) is 8.42. The van der Waals surface area contributed by atoms with Crippen LogP contribution >= 0.6 is 0 Å². The van der Waals surface area contributed by atoms with Crippen LogP contribution in [0.2, 0.25) is 0 Å². The van der Waals surface area contributed by atoms with Gasteiger partial charge in [0.05, 0.1) is 17.9 Å². The van der Waals surface area contributed by atoms with E-state index in [-0.39, 0.29) is 42.6 Å². The van der Waals surface area contributed by atoms with E-state index in [4.69, 9.17) is 5.11 Å². The van der Waals surface area contributed by atoms with Gasteiger partial charge in [-0.25, -0.2) is 13.2 Å². The molecule has 0 radical (unpaired) electrons. The number of aliphatic carboxylic acids is 1. The molecule has 0 aliphatic carbocycles. The third-order valence-electron chi connectivity index (χ3n) is 3.49. The van der Waals surface area contributed by atoms with Crippen molar-refractivity contribution in [1.82, 2.24) is 9.80 Å². The fourth-order valence-electron chi connectivity index (χ4n) is 2.23. The number of carboxylic acid groups (broad SMARTS) is 1. The van der Waals surface area contributed by atoms with E-state index >= 15 is 0 Å². The first-order chi connectivity index (χ1) is 9.14. The van der Waals surface area contributed by atoms with Crippen molar-refractivity contribution in [1.29, 1.82) is 0 Å². The fraction of sp³-hybridized carbons (Fsp3) is 0.833. The van der Waals surface area contributed by atoms with Gasteiger partial charge < -0.3 is 14.9 Å². The van der Waals surface area contributed by atoms with Crippen LogP contribution in [0.3, 0.4) is 0 Å². The monoisotopic (exact) mass is 306 g/mol. The number of urea groups is 1. The first kappa shape index (κ1) is 16.7. The first-order valence-electron chi connectivity index (χ1n) is 6.59. The fourth-order valence-corrected chi connectivity index (χ4v) is 4.00. The summed E-state index contributed by atoms with van der Waals surface area (Å²) in [6, 6.07) is -0.774. The van der Waals surface area contributed by atoms with E-state index in [0.717, 1.165) is 0 Å². The lowest BCUT2D eigenvalue weighted by Gasteiger charge is -2.33. The summed E-state index contributed by atoms with van der Waals surface area (Å²) < 4.78 is 22.9. The molecule has 1 saturated heterocycles. The number of amides is 2. The van der Waals surface area contributed by atoms with Crippen LogP contribution < -0.4 is 0 Å². The van der Waals surface area contributed by atoms with Gasteiger partial charge in [0.25, 0.3) is 0 Å². The Morgan fingerprint density at radius 1 is 1.35 bits per heavy atom. The van der Waals surface area contributed by atoms with Crippen molar-refractivity contribution in [2.75, 3.05) is 25.1 Å². The molecule has 20 heavy (non-hydrogen) atoms. The summed E-state index contributed by atoms with van der Waals surface area (Å²) >= 11 is 0. The Balaban J connectivity index is 2.71. The van der Waals surface area contributed by atoms with Crippen molar-refractivity contribution < 1.29 is 23.1 Å². The number of rotatable bonds is 5. The Kier molecular flexibility index (Phi) is 5.38. The van der Waals surface area contributed by atoms with E-state index in [1.165, 1.54) is 9.80 Å². The van der Waals surface area contributed by atoms with E-state index in [1.54, 1.807) is 20.9 Å². The van der Waals surface area contributed by atoms with Gasteiger partial charge in [-0.3, -0.25) is 4.79 Å². The highest BCUT2D eigenvalue weighted by Crippen LogP contribution is 2.18. The summed E-state index contributed by atoms with van der Waals surface area (Å²) in [7, 11) is -1.48. The smallest absolute Gasteiger partial charge is 0.320 e. The van der Waals surface area contributed by atoms with Crippen molar-refractivity contribution in [3.8, 4) is 0 Å². The van der Waals surface area contributed by atoms with Crippen molar-refractivity contribution in [3.63, 3.8) is 0 Å². The highest BCUT2D eigenvalue weighted by atomic mass is 32.2. The van der Waals surface area contributed by atoms with E-state index in [0.29, 0.717) is 6.42 Å². The topological polar surface area (TPSA) is 95.0 Å². The second-order valence-corrected chi connectivity index (χ2v) is 7.61. The normalized spacial score (nSPS) is 20.9. The van der Waals surface area contributed by atoms with Crippen LogP contribution in [0.15, 0.2) is 0 Å². The molecule has 1 aliphatic heterocycles. The molecule has 1 rings (SSSR count). The van der Waals surface area contributed by atoms with Gasteiger partial charge in [-0.15, -0.1) is 0 Å². The highest BCUT2D eigenvalue weighted by molar-refractivity contribution is 7.91. The minimum Gasteiger partial charge on any atom is -0.481 e. The summed E-state index contributed by atoms with van der Waals surface area (Å²) in [5, 5.41) is 8.71. The van der Waals surface area contributed by atoms with Crippen LogP contribution in [0.5, 0.6) is 0 Å². The summed E-state index contributed by atoms with van der Waals surface area (Å²) in [5.74, 6) is -0.874. The number of sulfone groups is 1. The predicted octanol–water partition coefficient (Wildman–Crippen LogP) is 0.410. The lowest BCUT2D eigenvalue weighted by Crippen LogP contribution is -2.49. The maximum absolute atomic E-state index is 12.4. The molecule has 2 amide bonds. The third-order valence-corrected chi connectivity index (χ3v) is 5.24. The number of carbonyl (C=O) groups excluding carboxylic acids is 1. The van der Waals surface area contributed by atoms with E-state index in [2.05, 4.69) is 0 Å². The van der Waals surface area contributed by atoms with Crippen LogP contribution in [-0.2, 0) is 14.6 Å². The van der Waals surface area contributed by atoms with Crippen LogP contribution in [0, 0.1) is 0 Å². The van der Waals surface area contributed by atoms with Crippen molar-refractivity contribution >= 4 is 21.8 Å². The van der Waals surface area contributed by atoms with Gasteiger partial charge in [-0.2, -0.15) is 0 Å². The van der Waals surface area contributed by atoms with Crippen LogP contribution in [-0.4, -0.2) is 72.5 Å². The summed E-state index contributed by atoms with van der Waals surface area (Å²) in [6.45, 7) is 3.73. The van der Waals surface area contributed by atoms with Crippen LogP contribution in [0.25, 0.3) is 0 Å². The minimum atomic E-state index is -3.05. The molecule has 1 atom stereocenters. The molecular weight excluding hydrogens is 284 g/mol. The van der Waals surface area contributed by atoms with Crippen LogP contribution in [0.4, 0.5) is 4.79 Å². The van der Waals surface area contributed by atoms with E-state index < -0.39 is 15.8 Å². The molecule has 0 spiro atoms. The molecule has 1 heterocycles. The number of carbonyl (C=O) groups is 2. The summed E-state index contributed by atoms with van der Waals surface area (Å²) in [6.07, 6.45) is 0.316. The molecule has 1 aliphatic rings. The lowest BCUT2D eigenvalue weighted by molar-refractivity contribution is -0.137. The third kappa shape index (κ3) is 4.36. The zero-order valence-corrected chi connectivity index (χ0v) is 12.9. The molecule has 0 saturated carbocycles. The van der Waals surface area contributed by atoms with E-state index in [9.17, 15) is 18.0 Å². The standard InChI is InChI=1S/C12H22N2O5S/c1-9(2)14(6-4-11(15)16)12(17)13(3)10-5-7-20(18,19)8-10/h9-10H,4-8H2,1-3H3,(H,15,16). The molecule has 0 aromatic heterocycles. The molecule has 7 nitrogen and oxygen atoms in total. The van der Waals surface area contributed by atoms with Crippen molar-refractivity contribution in [3.05, 3.63) is 0 Å². The van der Waals surface area contributed by atoms with Crippen molar-refractivity contribution in [2.45, 2.75) is 38.8 Å². The molecular formula is C12H22N2O5S. The lowest BCUT2D eigenvalue weighted by atomic mass is 10.2. The Labute approximate surface area is 119 Å². The SMILES string of the molecule is CC(C)N(CCC(=O)O)C(=O)N(C)C1CCS(=O)(=O)C1. The highest BCUT2D eigenvalue weighted by Gasteiger charge is 2.34.